The van der Waals surface area contributed by atoms with Crippen molar-refractivity contribution in [3.63, 3.8) is 0 Å². The van der Waals surface area contributed by atoms with Crippen molar-refractivity contribution in [1.82, 2.24) is 5.32 Å². The summed E-state index contributed by atoms with van der Waals surface area (Å²) in [5.41, 5.74) is 0.384. The number of aliphatic hydroxyl groups excluding tert-OH is 1. The van der Waals surface area contributed by atoms with Gasteiger partial charge in [0.2, 0.25) is 0 Å². The van der Waals surface area contributed by atoms with Crippen molar-refractivity contribution >= 4 is 5.91 Å². The molecular weight excluding hydrogens is 256 g/mol. The van der Waals surface area contributed by atoms with Crippen LogP contribution in [0.1, 0.15) is 26.3 Å². The molecule has 0 spiro atoms. The van der Waals surface area contributed by atoms with Gasteiger partial charge in [0.15, 0.2) is 6.10 Å². The van der Waals surface area contributed by atoms with E-state index >= 15 is 0 Å². The molecule has 1 rings (SSSR count). The summed E-state index contributed by atoms with van der Waals surface area (Å²) >= 11 is 0. The van der Waals surface area contributed by atoms with Crippen LogP contribution in [0.5, 0.6) is 5.75 Å². The molecule has 0 saturated heterocycles. The van der Waals surface area contributed by atoms with Gasteiger partial charge in [-0.25, -0.2) is 0 Å². The quantitative estimate of drug-likeness (QED) is 0.824. The number of nitriles is 1. The lowest BCUT2D eigenvalue weighted by atomic mass is 10.1. The highest BCUT2D eigenvalue weighted by Crippen LogP contribution is 2.18. The number of ether oxygens (including phenoxy) is 1. The van der Waals surface area contributed by atoms with Crippen LogP contribution in [-0.4, -0.2) is 29.8 Å². The fourth-order valence-electron chi connectivity index (χ4n) is 1.49. The van der Waals surface area contributed by atoms with Gasteiger partial charge in [-0.1, -0.05) is 26.0 Å². The average Bonchev–Trinajstić information content (AvgIpc) is 2.44. The smallest absolute Gasteiger partial charge is 0.260 e. The van der Waals surface area contributed by atoms with Crippen LogP contribution in [0.3, 0.4) is 0 Å². The summed E-state index contributed by atoms with van der Waals surface area (Å²) < 4.78 is 5.47. The van der Waals surface area contributed by atoms with Crippen molar-refractivity contribution in [3.8, 4) is 11.8 Å². The van der Waals surface area contributed by atoms with Gasteiger partial charge in [-0.2, -0.15) is 5.26 Å². The number of carbonyl (C=O) groups is 1. The average molecular weight is 276 g/mol. The van der Waals surface area contributed by atoms with Crippen molar-refractivity contribution in [2.75, 3.05) is 6.54 Å². The van der Waals surface area contributed by atoms with Gasteiger partial charge in [-0.05, 0) is 25.0 Å². The van der Waals surface area contributed by atoms with Gasteiger partial charge in [0, 0.05) is 6.54 Å². The minimum atomic E-state index is -0.733. The van der Waals surface area contributed by atoms with Crippen molar-refractivity contribution in [1.29, 1.82) is 5.26 Å². The normalized spacial score (nSPS) is 13.4. The van der Waals surface area contributed by atoms with E-state index in [1.807, 2.05) is 19.9 Å². The zero-order chi connectivity index (χ0) is 15.1. The van der Waals surface area contributed by atoms with Crippen LogP contribution in [-0.2, 0) is 4.79 Å². The number of rotatable bonds is 6. The molecule has 0 bridgehead atoms. The molecule has 0 saturated carbocycles. The Labute approximate surface area is 119 Å². The maximum Gasteiger partial charge on any atom is 0.260 e. The molecule has 0 aliphatic rings. The summed E-state index contributed by atoms with van der Waals surface area (Å²) in [7, 11) is 0. The van der Waals surface area contributed by atoms with E-state index in [2.05, 4.69) is 5.32 Å². The van der Waals surface area contributed by atoms with Crippen LogP contribution in [0.15, 0.2) is 24.3 Å². The maximum absolute atomic E-state index is 11.8. The highest BCUT2D eigenvalue weighted by molar-refractivity contribution is 5.80. The molecule has 0 radical (unpaired) electrons. The number of nitrogens with zero attached hydrogens (tertiary/aromatic N) is 1. The Bertz CT molecular complexity index is 494. The Kier molecular flexibility index (Phi) is 6.01. The van der Waals surface area contributed by atoms with Crippen LogP contribution >= 0.6 is 0 Å². The summed E-state index contributed by atoms with van der Waals surface area (Å²) in [4.78, 5) is 11.8. The van der Waals surface area contributed by atoms with E-state index in [0.717, 1.165) is 0 Å². The first-order valence-electron chi connectivity index (χ1n) is 6.57. The fourth-order valence-corrected chi connectivity index (χ4v) is 1.49. The monoisotopic (exact) mass is 276 g/mol. The van der Waals surface area contributed by atoms with Crippen molar-refractivity contribution in [2.24, 2.45) is 5.92 Å². The molecule has 0 heterocycles. The molecule has 0 aliphatic carbocycles. The molecule has 20 heavy (non-hydrogen) atoms. The Morgan fingerprint density at radius 3 is 2.65 bits per heavy atom. The first-order chi connectivity index (χ1) is 9.45. The number of nitrogens with one attached hydrogen (secondary N) is 1. The van der Waals surface area contributed by atoms with Crippen molar-refractivity contribution in [3.05, 3.63) is 29.8 Å². The minimum absolute atomic E-state index is 0.0749. The summed E-state index contributed by atoms with van der Waals surface area (Å²) in [6.07, 6.45) is -1.32. The van der Waals surface area contributed by atoms with Crippen molar-refractivity contribution in [2.45, 2.75) is 33.0 Å². The summed E-state index contributed by atoms with van der Waals surface area (Å²) in [6, 6.07) is 8.75. The molecule has 0 aliphatic heterocycles. The van der Waals surface area contributed by atoms with Crippen LogP contribution in [0.2, 0.25) is 0 Å². The summed E-state index contributed by atoms with van der Waals surface area (Å²) in [5.74, 6) is 0.130. The van der Waals surface area contributed by atoms with Gasteiger partial charge in [0.05, 0.1) is 11.7 Å². The Balaban J connectivity index is 2.56. The van der Waals surface area contributed by atoms with E-state index in [-0.39, 0.29) is 18.4 Å². The number of amides is 1. The molecule has 0 aromatic heterocycles. The molecule has 2 atom stereocenters. The molecule has 1 amide bonds. The molecule has 0 fully saturated rings. The zero-order valence-corrected chi connectivity index (χ0v) is 12.0. The lowest BCUT2D eigenvalue weighted by Crippen LogP contribution is -2.41. The van der Waals surface area contributed by atoms with E-state index in [0.29, 0.717) is 11.3 Å². The van der Waals surface area contributed by atoms with Crippen molar-refractivity contribution < 1.29 is 14.6 Å². The van der Waals surface area contributed by atoms with Crippen LogP contribution in [0.4, 0.5) is 0 Å². The van der Waals surface area contributed by atoms with E-state index in [9.17, 15) is 9.90 Å². The lowest BCUT2D eigenvalue weighted by Gasteiger charge is -2.18. The molecular formula is C15H20N2O3. The molecule has 5 nitrogen and oxygen atoms in total. The predicted molar refractivity (Wildman–Crippen MR) is 75.1 cm³/mol. The molecule has 2 unspecified atom stereocenters. The molecule has 5 heteroatoms. The van der Waals surface area contributed by atoms with Gasteiger partial charge in [-0.3, -0.25) is 4.79 Å². The third kappa shape index (κ3) is 4.56. The number of benzene rings is 1. The minimum Gasteiger partial charge on any atom is -0.480 e. The van der Waals surface area contributed by atoms with Gasteiger partial charge >= 0.3 is 0 Å². The van der Waals surface area contributed by atoms with Gasteiger partial charge in [-0.15, -0.1) is 0 Å². The second kappa shape index (κ2) is 7.51. The number of aliphatic hydroxyl groups is 1. The number of carbonyl (C=O) groups excluding carboxylic acids is 1. The number of hydrogen-bond donors (Lipinski definition) is 2. The van der Waals surface area contributed by atoms with E-state index in [1.165, 1.54) is 0 Å². The topological polar surface area (TPSA) is 82.3 Å². The predicted octanol–water partition coefficient (Wildman–Crippen LogP) is 1.46. The Morgan fingerprint density at radius 2 is 2.05 bits per heavy atom. The first-order valence-corrected chi connectivity index (χ1v) is 6.57. The highest BCUT2D eigenvalue weighted by Gasteiger charge is 2.18. The molecule has 1 aromatic carbocycles. The van der Waals surface area contributed by atoms with Crippen LogP contribution < -0.4 is 10.1 Å². The summed E-state index contributed by atoms with van der Waals surface area (Å²) in [6.45, 7) is 5.54. The maximum atomic E-state index is 11.8. The van der Waals surface area contributed by atoms with Gasteiger partial charge in [0.25, 0.3) is 5.91 Å². The standard InChI is InChI=1S/C15H20N2O3/c1-10(2)13(18)9-17-15(19)11(3)20-14-7-5-4-6-12(14)8-16/h4-7,10-11,13,18H,9H2,1-3H3,(H,17,19). The Hall–Kier alpha value is -2.06. The SMILES string of the molecule is CC(Oc1ccccc1C#N)C(=O)NCC(O)C(C)C. The largest absolute Gasteiger partial charge is 0.480 e. The van der Waals surface area contributed by atoms with Gasteiger partial charge < -0.3 is 15.2 Å². The second-order valence-corrected chi connectivity index (χ2v) is 4.92. The zero-order valence-electron chi connectivity index (χ0n) is 12.0. The van der Waals surface area contributed by atoms with E-state index in [4.69, 9.17) is 10.00 Å². The van der Waals surface area contributed by atoms with Crippen LogP contribution in [0, 0.1) is 17.2 Å². The first kappa shape index (κ1) is 16.0. The van der Waals surface area contributed by atoms with Crippen LogP contribution in [0.25, 0.3) is 0 Å². The van der Waals surface area contributed by atoms with E-state index < -0.39 is 12.2 Å². The fraction of sp³-hybridized carbons (Fsp3) is 0.467. The molecule has 1 aromatic rings. The van der Waals surface area contributed by atoms with E-state index in [1.54, 1.807) is 31.2 Å². The Morgan fingerprint density at radius 1 is 1.40 bits per heavy atom. The highest BCUT2D eigenvalue weighted by atomic mass is 16.5. The molecule has 2 N–H and O–H groups in total. The third-order valence-corrected chi connectivity index (χ3v) is 2.94. The number of hydrogen-bond acceptors (Lipinski definition) is 4. The third-order valence-electron chi connectivity index (χ3n) is 2.94. The lowest BCUT2D eigenvalue weighted by molar-refractivity contribution is -0.127. The van der Waals surface area contributed by atoms with Gasteiger partial charge in [0.1, 0.15) is 11.8 Å². The number of para-hydroxylation sites is 1. The second-order valence-electron chi connectivity index (χ2n) is 4.92. The molecule has 108 valence electrons. The summed E-state index contributed by atoms with van der Waals surface area (Å²) in [5, 5.41) is 21.2.